The van der Waals surface area contributed by atoms with Crippen molar-refractivity contribution in [2.75, 3.05) is 19.7 Å². The van der Waals surface area contributed by atoms with Crippen LogP contribution in [0.3, 0.4) is 0 Å². The molecule has 0 saturated carbocycles. The molecule has 0 bridgehead atoms. The van der Waals surface area contributed by atoms with E-state index in [1.807, 2.05) is 26.0 Å². The van der Waals surface area contributed by atoms with Gasteiger partial charge in [0.15, 0.2) is 0 Å². The molecule has 3 heterocycles. The third-order valence-electron chi connectivity index (χ3n) is 5.26. The van der Waals surface area contributed by atoms with Gasteiger partial charge in [0.1, 0.15) is 12.2 Å². The summed E-state index contributed by atoms with van der Waals surface area (Å²) in [6, 6.07) is 8.19. The molecule has 1 aromatic carbocycles. The van der Waals surface area contributed by atoms with Crippen molar-refractivity contribution in [1.29, 1.82) is 0 Å². The molecule has 0 aliphatic carbocycles. The maximum atomic E-state index is 5.96. The fourth-order valence-electron chi connectivity index (χ4n) is 3.46. The maximum absolute atomic E-state index is 5.96. The quantitative estimate of drug-likeness (QED) is 0.764. The Bertz CT molecular complexity index is 850. The van der Waals surface area contributed by atoms with Gasteiger partial charge < -0.3 is 9.72 Å². The fraction of sp³-hybridized carbons (Fsp3) is 0.450. The number of para-hydroxylation sites is 2. The smallest absolute Gasteiger partial charge is 0.219 e. The van der Waals surface area contributed by atoms with Crippen LogP contribution in [0.5, 0.6) is 5.88 Å². The number of benzene rings is 1. The van der Waals surface area contributed by atoms with Crippen LogP contribution in [0.2, 0.25) is 0 Å². The van der Waals surface area contributed by atoms with Gasteiger partial charge in [0.05, 0.1) is 24.2 Å². The van der Waals surface area contributed by atoms with E-state index in [1.54, 1.807) is 6.33 Å². The molecule has 0 spiro atoms. The minimum atomic E-state index is 0.580. The molecule has 136 valence electrons. The number of nitrogens with one attached hydrogen (secondary N) is 1. The molecule has 3 aromatic rings. The van der Waals surface area contributed by atoms with Crippen LogP contribution < -0.4 is 4.74 Å². The molecule has 0 unspecified atom stereocenters. The molecular formula is C20H25N5O. The van der Waals surface area contributed by atoms with E-state index in [-0.39, 0.29) is 0 Å². The number of imidazole rings is 1. The fourth-order valence-corrected chi connectivity index (χ4v) is 3.46. The lowest BCUT2D eigenvalue weighted by Gasteiger charge is -2.31. The molecule has 4 rings (SSSR count). The topological polar surface area (TPSA) is 66.9 Å². The van der Waals surface area contributed by atoms with Gasteiger partial charge in [-0.05, 0) is 57.8 Å². The number of likely N-dealkylation sites (tertiary alicyclic amines) is 1. The number of hydrogen-bond donors (Lipinski definition) is 1. The number of H-pyrrole nitrogens is 1. The van der Waals surface area contributed by atoms with E-state index in [0.717, 1.165) is 73.1 Å². The predicted octanol–water partition coefficient (Wildman–Crippen LogP) is 3.26. The largest absolute Gasteiger partial charge is 0.477 e. The highest BCUT2D eigenvalue weighted by Crippen LogP contribution is 2.22. The second kappa shape index (κ2) is 7.41. The van der Waals surface area contributed by atoms with Crippen molar-refractivity contribution in [2.24, 2.45) is 5.92 Å². The summed E-state index contributed by atoms with van der Waals surface area (Å²) < 4.78 is 5.96. The molecular weight excluding hydrogens is 326 g/mol. The molecule has 1 saturated heterocycles. The number of ether oxygens (including phenoxy) is 1. The van der Waals surface area contributed by atoms with Gasteiger partial charge in [-0.25, -0.2) is 15.0 Å². The Morgan fingerprint density at radius 1 is 1.15 bits per heavy atom. The minimum absolute atomic E-state index is 0.580. The normalized spacial score (nSPS) is 16.2. The highest BCUT2D eigenvalue weighted by atomic mass is 16.5. The van der Waals surface area contributed by atoms with Gasteiger partial charge in [0, 0.05) is 11.3 Å². The number of aromatic amines is 1. The number of aromatic nitrogens is 4. The third-order valence-corrected chi connectivity index (χ3v) is 5.26. The first-order chi connectivity index (χ1) is 12.7. The lowest BCUT2D eigenvalue weighted by atomic mass is 9.98. The highest BCUT2D eigenvalue weighted by molar-refractivity contribution is 5.74. The third kappa shape index (κ3) is 3.70. The van der Waals surface area contributed by atoms with Crippen LogP contribution in [0, 0.1) is 19.8 Å². The van der Waals surface area contributed by atoms with Gasteiger partial charge in [-0.1, -0.05) is 12.1 Å². The summed E-state index contributed by atoms with van der Waals surface area (Å²) in [7, 11) is 0. The standard InChI is InChI=1S/C20H25N5O/c1-14-15(2)21-13-22-20(14)26-12-16-7-9-25(10-8-16)11-19-23-17-5-3-4-6-18(17)24-19/h3-6,13,16H,7-12H2,1-2H3,(H,23,24). The van der Waals surface area contributed by atoms with Crippen molar-refractivity contribution in [1.82, 2.24) is 24.8 Å². The molecule has 1 aliphatic rings. The van der Waals surface area contributed by atoms with Crippen LogP contribution in [0.15, 0.2) is 30.6 Å². The van der Waals surface area contributed by atoms with E-state index >= 15 is 0 Å². The summed E-state index contributed by atoms with van der Waals surface area (Å²) in [5.74, 6) is 2.35. The first-order valence-corrected chi connectivity index (χ1v) is 9.26. The van der Waals surface area contributed by atoms with Crippen molar-refractivity contribution in [3.8, 4) is 5.88 Å². The number of piperidine rings is 1. The van der Waals surface area contributed by atoms with Crippen LogP contribution in [-0.2, 0) is 6.54 Å². The molecule has 1 aliphatic heterocycles. The molecule has 1 N–H and O–H groups in total. The van der Waals surface area contributed by atoms with Gasteiger partial charge in [0.25, 0.3) is 0 Å². The monoisotopic (exact) mass is 351 g/mol. The van der Waals surface area contributed by atoms with Crippen LogP contribution in [0.25, 0.3) is 11.0 Å². The van der Waals surface area contributed by atoms with Gasteiger partial charge in [-0.3, -0.25) is 4.90 Å². The van der Waals surface area contributed by atoms with Crippen molar-refractivity contribution in [3.63, 3.8) is 0 Å². The summed E-state index contributed by atoms with van der Waals surface area (Å²) in [5.41, 5.74) is 4.17. The Kier molecular flexibility index (Phi) is 4.84. The lowest BCUT2D eigenvalue weighted by molar-refractivity contribution is 0.132. The Balaban J connectivity index is 1.28. The molecule has 0 amide bonds. The van der Waals surface area contributed by atoms with E-state index < -0.39 is 0 Å². The molecule has 2 aromatic heterocycles. The summed E-state index contributed by atoms with van der Waals surface area (Å²) >= 11 is 0. The van der Waals surface area contributed by atoms with E-state index in [1.165, 1.54) is 0 Å². The van der Waals surface area contributed by atoms with Gasteiger partial charge in [0.2, 0.25) is 5.88 Å². The van der Waals surface area contributed by atoms with Crippen molar-refractivity contribution in [2.45, 2.75) is 33.2 Å². The molecule has 0 radical (unpaired) electrons. The van der Waals surface area contributed by atoms with Crippen LogP contribution in [0.4, 0.5) is 0 Å². The van der Waals surface area contributed by atoms with Crippen LogP contribution in [-0.4, -0.2) is 44.5 Å². The van der Waals surface area contributed by atoms with Gasteiger partial charge in [-0.15, -0.1) is 0 Å². The lowest BCUT2D eigenvalue weighted by Crippen LogP contribution is -2.35. The maximum Gasteiger partial charge on any atom is 0.219 e. The number of rotatable bonds is 5. The summed E-state index contributed by atoms with van der Waals surface area (Å²) in [6.07, 6.45) is 3.86. The minimum Gasteiger partial charge on any atom is -0.477 e. The van der Waals surface area contributed by atoms with Crippen molar-refractivity contribution >= 4 is 11.0 Å². The summed E-state index contributed by atoms with van der Waals surface area (Å²) in [4.78, 5) is 19.0. The number of aryl methyl sites for hydroxylation is 1. The molecule has 6 heteroatoms. The summed E-state index contributed by atoms with van der Waals surface area (Å²) in [5, 5.41) is 0. The Morgan fingerprint density at radius 3 is 2.77 bits per heavy atom. The summed E-state index contributed by atoms with van der Waals surface area (Å²) in [6.45, 7) is 7.77. The Morgan fingerprint density at radius 2 is 1.96 bits per heavy atom. The first-order valence-electron chi connectivity index (χ1n) is 9.26. The van der Waals surface area contributed by atoms with E-state index in [0.29, 0.717) is 5.92 Å². The molecule has 6 nitrogen and oxygen atoms in total. The second-order valence-corrected chi connectivity index (χ2v) is 7.12. The van der Waals surface area contributed by atoms with Crippen molar-refractivity contribution in [3.05, 3.63) is 47.7 Å². The van der Waals surface area contributed by atoms with Gasteiger partial charge >= 0.3 is 0 Å². The Hall–Kier alpha value is -2.47. The zero-order valence-corrected chi connectivity index (χ0v) is 15.4. The number of fused-ring (bicyclic) bond motifs is 1. The predicted molar refractivity (Wildman–Crippen MR) is 101 cm³/mol. The van der Waals surface area contributed by atoms with E-state index in [9.17, 15) is 0 Å². The second-order valence-electron chi connectivity index (χ2n) is 7.12. The molecule has 1 fully saturated rings. The Labute approximate surface area is 153 Å². The number of hydrogen-bond acceptors (Lipinski definition) is 5. The average Bonchev–Trinajstić information content (AvgIpc) is 3.06. The SMILES string of the molecule is Cc1ncnc(OCC2CCN(Cc3nc4ccccc4[nH]3)CC2)c1C. The van der Waals surface area contributed by atoms with Gasteiger partial charge in [-0.2, -0.15) is 0 Å². The van der Waals surface area contributed by atoms with Crippen LogP contribution in [0.1, 0.15) is 29.9 Å². The first kappa shape index (κ1) is 17.0. The van der Waals surface area contributed by atoms with E-state index in [4.69, 9.17) is 4.74 Å². The van der Waals surface area contributed by atoms with E-state index in [2.05, 4.69) is 37.0 Å². The average molecular weight is 351 g/mol. The highest BCUT2D eigenvalue weighted by Gasteiger charge is 2.21. The van der Waals surface area contributed by atoms with Crippen molar-refractivity contribution < 1.29 is 4.74 Å². The molecule has 26 heavy (non-hydrogen) atoms. The zero-order valence-electron chi connectivity index (χ0n) is 15.4. The molecule has 0 atom stereocenters. The number of nitrogens with zero attached hydrogens (tertiary/aromatic N) is 4. The van der Waals surface area contributed by atoms with Crippen LogP contribution >= 0.6 is 0 Å². The zero-order chi connectivity index (χ0) is 17.9.